The van der Waals surface area contributed by atoms with Crippen LogP contribution in [0, 0.1) is 5.82 Å². The Morgan fingerprint density at radius 1 is 1.30 bits per heavy atom. The van der Waals surface area contributed by atoms with E-state index in [4.69, 9.17) is 4.74 Å². The highest BCUT2D eigenvalue weighted by atomic mass is 79.9. The number of hydrogen-bond acceptors (Lipinski definition) is 4. The van der Waals surface area contributed by atoms with Crippen molar-refractivity contribution in [3.63, 3.8) is 0 Å². The summed E-state index contributed by atoms with van der Waals surface area (Å²) in [4.78, 5) is 8.43. The Balaban J connectivity index is 2.03. The van der Waals surface area contributed by atoms with E-state index in [9.17, 15) is 4.39 Å². The molecule has 0 spiro atoms. The number of halogens is 2. The SMILES string of the molecule is CC(C)NCc1cnc(Oc2ccc(F)cc2Br)cn1. The molecule has 6 heteroatoms. The normalized spacial score (nSPS) is 10.8. The molecule has 0 atom stereocenters. The van der Waals surface area contributed by atoms with Gasteiger partial charge in [-0.3, -0.25) is 4.98 Å². The maximum atomic E-state index is 13.0. The average molecular weight is 340 g/mol. The molecule has 0 bridgehead atoms. The Labute approximate surface area is 125 Å². The molecule has 1 heterocycles. The lowest BCUT2D eigenvalue weighted by atomic mass is 10.3. The van der Waals surface area contributed by atoms with E-state index in [0.29, 0.717) is 28.7 Å². The molecule has 20 heavy (non-hydrogen) atoms. The Kier molecular flexibility index (Phi) is 5.03. The maximum absolute atomic E-state index is 13.0. The van der Waals surface area contributed by atoms with Crippen molar-refractivity contribution >= 4 is 15.9 Å². The van der Waals surface area contributed by atoms with Gasteiger partial charge in [-0.25, -0.2) is 9.37 Å². The molecule has 2 aromatic rings. The van der Waals surface area contributed by atoms with Gasteiger partial charge in [0.1, 0.15) is 11.6 Å². The molecular formula is C14H15BrFN3O. The second-order valence-corrected chi connectivity index (χ2v) is 5.41. The number of nitrogens with one attached hydrogen (secondary N) is 1. The first-order chi connectivity index (χ1) is 9.54. The van der Waals surface area contributed by atoms with Crippen molar-refractivity contribution < 1.29 is 9.13 Å². The number of ether oxygens (including phenoxy) is 1. The third-order valence-electron chi connectivity index (χ3n) is 2.48. The first-order valence-electron chi connectivity index (χ1n) is 6.22. The van der Waals surface area contributed by atoms with Crippen LogP contribution in [0.2, 0.25) is 0 Å². The van der Waals surface area contributed by atoms with Crippen LogP contribution in [0.4, 0.5) is 4.39 Å². The van der Waals surface area contributed by atoms with Crippen LogP contribution in [0.5, 0.6) is 11.6 Å². The van der Waals surface area contributed by atoms with Crippen LogP contribution in [-0.2, 0) is 6.54 Å². The molecule has 0 aliphatic heterocycles. The summed E-state index contributed by atoms with van der Waals surface area (Å²) >= 11 is 3.24. The summed E-state index contributed by atoms with van der Waals surface area (Å²) in [5.74, 6) is 0.532. The maximum Gasteiger partial charge on any atom is 0.237 e. The second kappa shape index (κ2) is 6.76. The molecule has 0 amide bonds. The van der Waals surface area contributed by atoms with Crippen LogP contribution >= 0.6 is 15.9 Å². The summed E-state index contributed by atoms with van der Waals surface area (Å²) in [5, 5.41) is 3.25. The average Bonchev–Trinajstić information content (AvgIpc) is 2.41. The third kappa shape index (κ3) is 4.25. The van der Waals surface area contributed by atoms with Crippen molar-refractivity contribution in [1.29, 1.82) is 0 Å². The van der Waals surface area contributed by atoms with Gasteiger partial charge in [0.2, 0.25) is 5.88 Å². The monoisotopic (exact) mass is 339 g/mol. The number of nitrogens with zero attached hydrogens (tertiary/aromatic N) is 2. The summed E-state index contributed by atoms with van der Waals surface area (Å²) in [5.41, 5.74) is 0.837. The molecule has 0 saturated carbocycles. The minimum absolute atomic E-state index is 0.328. The molecule has 2 rings (SSSR count). The third-order valence-corrected chi connectivity index (χ3v) is 3.10. The van der Waals surface area contributed by atoms with Crippen molar-refractivity contribution in [2.45, 2.75) is 26.4 Å². The molecule has 0 aliphatic rings. The molecule has 1 aromatic carbocycles. The Morgan fingerprint density at radius 3 is 2.70 bits per heavy atom. The van der Waals surface area contributed by atoms with E-state index in [1.54, 1.807) is 12.4 Å². The van der Waals surface area contributed by atoms with Crippen molar-refractivity contribution in [3.05, 3.63) is 46.6 Å². The largest absolute Gasteiger partial charge is 0.436 e. The van der Waals surface area contributed by atoms with Gasteiger partial charge in [-0.2, -0.15) is 0 Å². The van der Waals surface area contributed by atoms with Crippen molar-refractivity contribution in [2.24, 2.45) is 0 Å². The lowest BCUT2D eigenvalue weighted by Crippen LogP contribution is -2.22. The summed E-state index contributed by atoms with van der Waals surface area (Å²) in [6, 6.07) is 4.59. The molecule has 0 aliphatic carbocycles. The van der Waals surface area contributed by atoms with Gasteiger partial charge in [-0.1, -0.05) is 13.8 Å². The van der Waals surface area contributed by atoms with E-state index in [2.05, 4.69) is 45.1 Å². The topological polar surface area (TPSA) is 47.0 Å². The fourth-order valence-electron chi connectivity index (χ4n) is 1.47. The summed E-state index contributed by atoms with van der Waals surface area (Å²) < 4.78 is 19.0. The quantitative estimate of drug-likeness (QED) is 0.902. The first-order valence-corrected chi connectivity index (χ1v) is 7.01. The summed E-state index contributed by atoms with van der Waals surface area (Å²) in [6.45, 7) is 4.79. The Hall–Kier alpha value is -1.53. The molecule has 106 valence electrons. The molecule has 4 nitrogen and oxygen atoms in total. The lowest BCUT2D eigenvalue weighted by Gasteiger charge is -2.09. The van der Waals surface area contributed by atoms with Crippen molar-refractivity contribution in [2.75, 3.05) is 0 Å². The summed E-state index contributed by atoms with van der Waals surface area (Å²) in [6.07, 6.45) is 3.20. The van der Waals surface area contributed by atoms with Crippen molar-refractivity contribution in [1.82, 2.24) is 15.3 Å². The standard InChI is InChI=1S/C14H15BrFN3O/c1-9(2)17-6-11-7-19-14(8-18-11)20-13-4-3-10(16)5-12(13)15/h3-5,7-9,17H,6H2,1-2H3. The molecule has 0 radical (unpaired) electrons. The van der Waals surface area contributed by atoms with E-state index in [-0.39, 0.29) is 5.82 Å². The number of benzene rings is 1. The first kappa shape index (κ1) is 14.9. The van der Waals surface area contributed by atoms with Gasteiger partial charge < -0.3 is 10.1 Å². The van der Waals surface area contributed by atoms with E-state index in [1.165, 1.54) is 18.2 Å². The fourth-order valence-corrected chi connectivity index (χ4v) is 1.90. The van der Waals surface area contributed by atoms with Crippen LogP contribution in [0.15, 0.2) is 35.1 Å². The van der Waals surface area contributed by atoms with Gasteiger partial charge in [0.25, 0.3) is 0 Å². The number of rotatable bonds is 5. The second-order valence-electron chi connectivity index (χ2n) is 4.56. The van der Waals surface area contributed by atoms with Gasteiger partial charge in [0, 0.05) is 12.6 Å². The molecule has 0 unspecified atom stereocenters. The Bertz CT molecular complexity index is 575. The van der Waals surface area contributed by atoms with Crippen LogP contribution in [0.1, 0.15) is 19.5 Å². The zero-order valence-electron chi connectivity index (χ0n) is 11.2. The van der Waals surface area contributed by atoms with Gasteiger partial charge >= 0.3 is 0 Å². The minimum Gasteiger partial charge on any atom is -0.436 e. The van der Waals surface area contributed by atoms with E-state index in [1.807, 2.05) is 0 Å². The zero-order valence-corrected chi connectivity index (χ0v) is 12.8. The molecular weight excluding hydrogens is 325 g/mol. The number of hydrogen-bond donors (Lipinski definition) is 1. The predicted octanol–water partition coefficient (Wildman–Crippen LogP) is 3.67. The van der Waals surface area contributed by atoms with Crippen LogP contribution < -0.4 is 10.1 Å². The molecule has 1 aromatic heterocycles. The van der Waals surface area contributed by atoms with Gasteiger partial charge in [-0.15, -0.1) is 0 Å². The Morgan fingerprint density at radius 2 is 2.10 bits per heavy atom. The highest BCUT2D eigenvalue weighted by molar-refractivity contribution is 9.10. The van der Waals surface area contributed by atoms with E-state index < -0.39 is 0 Å². The zero-order chi connectivity index (χ0) is 14.5. The van der Waals surface area contributed by atoms with Gasteiger partial charge in [-0.05, 0) is 34.1 Å². The molecule has 0 saturated heterocycles. The van der Waals surface area contributed by atoms with Crippen molar-refractivity contribution in [3.8, 4) is 11.6 Å². The molecule has 0 fully saturated rings. The lowest BCUT2D eigenvalue weighted by molar-refractivity contribution is 0.453. The van der Waals surface area contributed by atoms with E-state index in [0.717, 1.165) is 5.69 Å². The minimum atomic E-state index is -0.328. The highest BCUT2D eigenvalue weighted by Crippen LogP contribution is 2.28. The highest BCUT2D eigenvalue weighted by Gasteiger charge is 2.06. The van der Waals surface area contributed by atoms with Crippen LogP contribution in [-0.4, -0.2) is 16.0 Å². The van der Waals surface area contributed by atoms with Gasteiger partial charge in [0.05, 0.1) is 22.6 Å². The van der Waals surface area contributed by atoms with Crippen LogP contribution in [0.3, 0.4) is 0 Å². The van der Waals surface area contributed by atoms with Gasteiger partial charge in [0.15, 0.2) is 0 Å². The molecule has 1 N–H and O–H groups in total. The summed E-state index contributed by atoms with van der Waals surface area (Å²) in [7, 11) is 0. The smallest absolute Gasteiger partial charge is 0.237 e. The number of aromatic nitrogens is 2. The predicted molar refractivity (Wildman–Crippen MR) is 78.2 cm³/mol. The fraction of sp³-hybridized carbons (Fsp3) is 0.286. The van der Waals surface area contributed by atoms with E-state index >= 15 is 0 Å². The van der Waals surface area contributed by atoms with Crippen LogP contribution in [0.25, 0.3) is 0 Å².